The van der Waals surface area contributed by atoms with E-state index in [4.69, 9.17) is 22.3 Å². The van der Waals surface area contributed by atoms with Gasteiger partial charge in [-0.05, 0) is 43.4 Å². The van der Waals surface area contributed by atoms with E-state index >= 15 is 0 Å². The monoisotopic (exact) mass is 349 g/mol. The number of benzene rings is 1. The Hall–Kier alpha value is -0.780. The van der Waals surface area contributed by atoms with Crippen LogP contribution < -0.4 is 0 Å². The zero-order valence-corrected chi connectivity index (χ0v) is 14.0. The van der Waals surface area contributed by atoms with Crippen LogP contribution in [0, 0.1) is 5.92 Å². The van der Waals surface area contributed by atoms with Crippen LogP contribution >= 0.6 is 22.3 Å². The van der Waals surface area contributed by atoms with Crippen LogP contribution in [0.4, 0.5) is 0 Å². The first-order chi connectivity index (χ1) is 9.79. The summed E-state index contributed by atoms with van der Waals surface area (Å²) >= 11 is 6.04. The Morgan fingerprint density at radius 1 is 1.29 bits per heavy atom. The lowest BCUT2D eigenvalue weighted by atomic mass is 10.0. The smallest absolute Gasteiger partial charge is 0.261 e. The van der Waals surface area contributed by atoms with E-state index in [0.29, 0.717) is 19.0 Å². The molecule has 1 atom stereocenters. The molecule has 1 aromatic rings. The molecular weight excluding hydrogens is 333 g/mol. The molecule has 0 saturated carbocycles. The highest BCUT2D eigenvalue weighted by atomic mass is 35.7. The van der Waals surface area contributed by atoms with Gasteiger partial charge in [-0.2, -0.15) is 0 Å². The van der Waals surface area contributed by atoms with Crippen molar-refractivity contribution < 1.29 is 13.2 Å². The third-order valence-corrected chi connectivity index (χ3v) is 5.43. The van der Waals surface area contributed by atoms with E-state index in [-0.39, 0.29) is 21.4 Å². The Morgan fingerprint density at radius 2 is 2.00 bits per heavy atom. The molecule has 0 spiro atoms. The van der Waals surface area contributed by atoms with E-state index in [2.05, 4.69) is 6.92 Å². The second kappa shape index (κ2) is 6.55. The Morgan fingerprint density at radius 3 is 2.67 bits per heavy atom. The third-order valence-electron chi connectivity index (χ3n) is 3.75. The molecule has 1 amide bonds. The third kappa shape index (κ3) is 4.11. The van der Waals surface area contributed by atoms with Crippen LogP contribution in [-0.4, -0.2) is 32.3 Å². The summed E-state index contributed by atoms with van der Waals surface area (Å²) in [7, 11) is 1.44. The van der Waals surface area contributed by atoms with Crippen molar-refractivity contribution in [2.45, 2.75) is 31.1 Å². The van der Waals surface area contributed by atoms with Crippen molar-refractivity contribution in [3.8, 4) is 0 Å². The zero-order valence-electron chi connectivity index (χ0n) is 11.7. The molecule has 0 N–H and O–H groups in total. The van der Waals surface area contributed by atoms with Crippen molar-refractivity contribution in [3.63, 3.8) is 0 Å². The molecule has 2 rings (SSSR count). The predicted molar refractivity (Wildman–Crippen MR) is 83.4 cm³/mol. The molecule has 1 aliphatic heterocycles. The fraction of sp³-hybridized carbons (Fsp3) is 0.500. The molecule has 0 aromatic heterocycles. The highest BCUT2D eigenvalue weighted by Crippen LogP contribution is 2.25. The summed E-state index contributed by atoms with van der Waals surface area (Å²) in [5.41, 5.74) is 0.188. The summed E-state index contributed by atoms with van der Waals surface area (Å²) in [5, 5.41) is 0.237. The fourth-order valence-electron chi connectivity index (χ4n) is 2.46. The maximum absolute atomic E-state index is 12.6. The van der Waals surface area contributed by atoms with Crippen LogP contribution in [0.3, 0.4) is 0 Å². The highest BCUT2D eigenvalue weighted by molar-refractivity contribution is 8.13. The SMILES string of the molecule is CC1CCCN(C(=O)c2cc(S(=O)(=O)Cl)ccc2Cl)CC1. The number of carbonyl (C=O) groups excluding carboxylic acids is 1. The summed E-state index contributed by atoms with van der Waals surface area (Å²) < 4.78 is 22.8. The first kappa shape index (κ1) is 16.6. The molecule has 116 valence electrons. The number of nitrogens with zero attached hydrogens (tertiary/aromatic N) is 1. The number of halogens is 2. The molecule has 0 bridgehead atoms. The lowest BCUT2D eigenvalue weighted by molar-refractivity contribution is 0.0760. The Kier molecular flexibility index (Phi) is 5.17. The second-order valence-electron chi connectivity index (χ2n) is 5.41. The zero-order chi connectivity index (χ0) is 15.6. The molecule has 21 heavy (non-hydrogen) atoms. The van der Waals surface area contributed by atoms with Crippen molar-refractivity contribution in [2.24, 2.45) is 5.92 Å². The minimum atomic E-state index is -3.88. The first-order valence-electron chi connectivity index (χ1n) is 6.82. The van der Waals surface area contributed by atoms with Gasteiger partial charge in [0.15, 0.2) is 0 Å². The van der Waals surface area contributed by atoms with E-state index in [1.807, 2.05) is 0 Å². The van der Waals surface area contributed by atoms with Gasteiger partial charge < -0.3 is 4.90 Å². The maximum Gasteiger partial charge on any atom is 0.261 e. The summed E-state index contributed by atoms with van der Waals surface area (Å²) in [6.45, 7) is 3.49. The minimum Gasteiger partial charge on any atom is -0.339 e. The largest absolute Gasteiger partial charge is 0.339 e. The van der Waals surface area contributed by atoms with Crippen LogP contribution in [0.15, 0.2) is 23.1 Å². The number of carbonyl (C=O) groups is 1. The molecule has 1 aromatic carbocycles. The van der Waals surface area contributed by atoms with E-state index in [1.54, 1.807) is 4.90 Å². The van der Waals surface area contributed by atoms with Crippen LogP contribution in [0.5, 0.6) is 0 Å². The normalized spacial score (nSPS) is 20.1. The molecule has 0 aliphatic carbocycles. The van der Waals surface area contributed by atoms with Gasteiger partial charge in [0.05, 0.1) is 15.5 Å². The van der Waals surface area contributed by atoms with Gasteiger partial charge in [0.2, 0.25) is 0 Å². The van der Waals surface area contributed by atoms with Gasteiger partial charge in [0.25, 0.3) is 15.0 Å². The van der Waals surface area contributed by atoms with Gasteiger partial charge in [0, 0.05) is 23.8 Å². The van der Waals surface area contributed by atoms with Gasteiger partial charge in [-0.25, -0.2) is 8.42 Å². The number of hydrogen-bond acceptors (Lipinski definition) is 3. The number of amides is 1. The Bertz CT molecular complexity index is 646. The summed E-state index contributed by atoms with van der Waals surface area (Å²) in [6.07, 6.45) is 2.97. The Balaban J connectivity index is 2.30. The van der Waals surface area contributed by atoms with Crippen molar-refractivity contribution in [1.29, 1.82) is 0 Å². The van der Waals surface area contributed by atoms with Crippen LogP contribution in [0.25, 0.3) is 0 Å². The Labute approximate surface area is 134 Å². The van der Waals surface area contributed by atoms with Gasteiger partial charge in [-0.1, -0.05) is 18.5 Å². The van der Waals surface area contributed by atoms with E-state index in [1.165, 1.54) is 18.2 Å². The minimum absolute atomic E-state index is 0.111. The summed E-state index contributed by atoms with van der Waals surface area (Å²) in [4.78, 5) is 14.2. The molecular formula is C14H17Cl2NO3S. The standard InChI is InChI=1S/C14H17Cl2NO3S/c1-10-3-2-7-17(8-6-10)14(18)12-9-11(21(16,19)20)4-5-13(12)15/h4-5,9-10H,2-3,6-8H2,1H3. The molecule has 1 saturated heterocycles. The van der Waals surface area contributed by atoms with E-state index in [9.17, 15) is 13.2 Å². The average Bonchev–Trinajstić information content (AvgIpc) is 2.62. The second-order valence-corrected chi connectivity index (χ2v) is 8.38. The molecule has 1 heterocycles. The summed E-state index contributed by atoms with van der Waals surface area (Å²) in [6, 6.07) is 3.94. The quantitative estimate of drug-likeness (QED) is 0.767. The van der Waals surface area contributed by atoms with Crippen LogP contribution in [-0.2, 0) is 9.05 Å². The molecule has 1 unspecified atom stereocenters. The van der Waals surface area contributed by atoms with E-state index in [0.717, 1.165) is 19.3 Å². The lowest BCUT2D eigenvalue weighted by Gasteiger charge is -2.21. The molecule has 4 nitrogen and oxygen atoms in total. The molecule has 1 fully saturated rings. The highest BCUT2D eigenvalue weighted by Gasteiger charge is 2.23. The van der Waals surface area contributed by atoms with Crippen molar-refractivity contribution in [1.82, 2.24) is 4.90 Å². The topological polar surface area (TPSA) is 54.5 Å². The first-order valence-corrected chi connectivity index (χ1v) is 9.51. The maximum atomic E-state index is 12.6. The van der Waals surface area contributed by atoms with Crippen molar-refractivity contribution in [3.05, 3.63) is 28.8 Å². The van der Waals surface area contributed by atoms with Gasteiger partial charge in [-0.15, -0.1) is 0 Å². The van der Waals surface area contributed by atoms with Crippen LogP contribution in [0.1, 0.15) is 36.5 Å². The predicted octanol–water partition coefficient (Wildman–Crippen LogP) is 3.53. The van der Waals surface area contributed by atoms with Gasteiger partial charge >= 0.3 is 0 Å². The van der Waals surface area contributed by atoms with E-state index < -0.39 is 9.05 Å². The number of likely N-dealkylation sites (tertiary alicyclic amines) is 1. The van der Waals surface area contributed by atoms with Crippen molar-refractivity contribution in [2.75, 3.05) is 13.1 Å². The molecule has 1 aliphatic rings. The number of hydrogen-bond donors (Lipinski definition) is 0. The average molecular weight is 350 g/mol. The lowest BCUT2D eigenvalue weighted by Crippen LogP contribution is -2.32. The number of rotatable bonds is 2. The van der Waals surface area contributed by atoms with Crippen molar-refractivity contribution >= 4 is 37.2 Å². The molecule has 0 radical (unpaired) electrons. The van der Waals surface area contributed by atoms with Crippen LogP contribution in [0.2, 0.25) is 5.02 Å². The molecule has 7 heteroatoms. The van der Waals surface area contributed by atoms with Gasteiger partial charge in [-0.3, -0.25) is 4.79 Å². The van der Waals surface area contributed by atoms with Gasteiger partial charge in [0.1, 0.15) is 0 Å². The fourth-order valence-corrected chi connectivity index (χ4v) is 3.43. The summed E-state index contributed by atoms with van der Waals surface area (Å²) in [5.74, 6) is 0.351.